The van der Waals surface area contributed by atoms with Crippen molar-refractivity contribution in [2.24, 2.45) is 0 Å². The fourth-order valence-corrected chi connectivity index (χ4v) is 1.27. The Labute approximate surface area is 142 Å². The third-order valence-corrected chi connectivity index (χ3v) is 2.68. The number of halogens is 5. The van der Waals surface area contributed by atoms with Gasteiger partial charge in [-0.2, -0.15) is 0 Å². The van der Waals surface area contributed by atoms with E-state index in [1.54, 1.807) is 12.1 Å². The quantitative estimate of drug-likeness (QED) is 0.724. The molecule has 76 valence electrons. The van der Waals surface area contributed by atoms with E-state index in [-0.39, 0.29) is 57.4 Å². The molecule has 0 aliphatic heterocycles. The summed E-state index contributed by atoms with van der Waals surface area (Å²) in [5.74, 6) is 0.236. The van der Waals surface area contributed by atoms with E-state index in [1.165, 1.54) is 6.07 Å². The molecule has 0 unspecified atom stereocenters. The predicted octanol–water partition coefficient (Wildman–Crippen LogP) is 1.51. The first-order chi connectivity index (χ1) is 6.38. The molecule has 0 aromatic heterocycles. The van der Waals surface area contributed by atoms with Crippen LogP contribution in [0.2, 0.25) is 5.02 Å². The Morgan fingerprint density at radius 1 is 1.27 bits per heavy atom. The van der Waals surface area contributed by atoms with E-state index >= 15 is 0 Å². The van der Waals surface area contributed by atoms with E-state index in [0.29, 0.717) is 15.1 Å². The van der Waals surface area contributed by atoms with Crippen LogP contribution in [-0.4, -0.2) is 6.98 Å². The molecule has 0 radical (unpaired) electrons. The maximum absolute atomic E-state index is 11.9. The molecule has 0 spiro atoms. The molecule has 0 N–H and O–H groups in total. The van der Waals surface area contributed by atoms with E-state index < -0.39 is 6.98 Å². The Hall–Kier alpha value is 1.22. The van der Waals surface area contributed by atoms with Gasteiger partial charge in [-0.3, -0.25) is 0 Å². The molecule has 0 amide bonds. The third-order valence-electron chi connectivity index (χ3n) is 1.45. The summed E-state index contributed by atoms with van der Waals surface area (Å²) >= 11 is 8.85. The molecular formula is C8H5BBrClF3K. The van der Waals surface area contributed by atoms with Gasteiger partial charge in [-0.05, 0) is 33.6 Å². The van der Waals surface area contributed by atoms with Gasteiger partial charge in [0.2, 0.25) is 0 Å². The summed E-state index contributed by atoms with van der Waals surface area (Å²) < 4.78 is 36.2. The second-order valence-corrected chi connectivity index (χ2v) is 3.92. The standard InChI is InChI=1S/C8H5BBrClF3.K/c10-7-2-1-6(5-8(7)11)3-4-9(12,13)14;/h1-5H;/q-1;+1/b4-3+;. The molecule has 0 saturated heterocycles. The van der Waals surface area contributed by atoms with Gasteiger partial charge in [0.15, 0.2) is 0 Å². The Morgan fingerprint density at radius 2 is 1.87 bits per heavy atom. The molecular weight excluding hydrogens is 318 g/mol. The molecule has 0 nitrogen and oxygen atoms in total. The van der Waals surface area contributed by atoms with Crippen LogP contribution in [0.5, 0.6) is 0 Å². The van der Waals surface area contributed by atoms with Crippen LogP contribution in [0.3, 0.4) is 0 Å². The van der Waals surface area contributed by atoms with Crippen LogP contribution in [0.1, 0.15) is 5.56 Å². The zero-order valence-corrected chi connectivity index (χ0v) is 13.3. The first-order valence-corrected chi connectivity index (χ1v) is 4.90. The molecule has 0 fully saturated rings. The monoisotopic (exact) mass is 322 g/mol. The second-order valence-electron chi connectivity index (χ2n) is 2.66. The van der Waals surface area contributed by atoms with Gasteiger partial charge in [0.1, 0.15) is 0 Å². The van der Waals surface area contributed by atoms with Gasteiger partial charge in [-0.1, -0.05) is 23.7 Å². The van der Waals surface area contributed by atoms with Crippen molar-refractivity contribution in [1.29, 1.82) is 0 Å². The molecule has 15 heavy (non-hydrogen) atoms. The first-order valence-electron chi connectivity index (χ1n) is 3.73. The van der Waals surface area contributed by atoms with Crippen molar-refractivity contribution in [3.05, 3.63) is 39.2 Å². The molecule has 0 bridgehead atoms. The SMILES string of the molecule is F[B-](F)(F)/C=C/c1ccc(Br)c(Cl)c1.[K+]. The van der Waals surface area contributed by atoms with E-state index in [0.717, 1.165) is 6.08 Å². The molecule has 1 rings (SSSR count). The smallest absolute Gasteiger partial charge is 0.445 e. The Balaban J connectivity index is 0.00000196. The molecule has 0 atom stereocenters. The topological polar surface area (TPSA) is 0 Å². The average Bonchev–Trinajstić information content (AvgIpc) is 2.06. The molecule has 1 aromatic rings. The van der Waals surface area contributed by atoms with Crippen LogP contribution >= 0.6 is 27.5 Å². The van der Waals surface area contributed by atoms with Crippen molar-refractivity contribution in [2.75, 3.05) is 0 Å². The van der Waals surface area contributed by atoms with Gasteiger partial charge in [-0.15, -0.1) is 5.98 Å². The van der Waals surface area contributed by atoms with Crippen LogP contribution in [0.4, 0.5) is 12.9 Å². The number of rotatable bonds is 2. The van der Waals surface area contributed by atoms with Gasteiger partial charge in [-0.25, -0.2) is 0 Å². The van der Waals surface area contributed by atoms with Crippen molar-refractivity contribution in [1.82, 2.24) is 0 Å². The Bertz CT molecular complexity index is 367. The zero-order valence-electron chi connectivity index (χ0n) is 7.85. The molecule has 0 aliphatic carbocycles. The van der Waals surface area contributed by atoms with Gasteiger partial charge in [0.25, 0.3) is 0 Å². The van der Waals surface area contributed by atoms with Crippen LogP contribution < -0.4 is 51.4 Å². The molecule has 7 heteroatoms. The summed E-state index contributed by atoms with van der Waals surface area (Å²) in [4.78, 5) is 0. The molecule has 0 aliphatic rings. The van der Waals surface area contributed by atoms with Gasteiger partial charge >= 0.3 is 58.4 Å². The van der Waals surface area contributed by atoms with Crippen LogP contribution in [0.15, 0.2) is 28.6 Å². The summed E-state index contributed by atoms with van der Waals surface area (Å²) in [5.41, 5.74) is 0.428. The van der Waals surface area contributed by atoms with E-state index in [4.69, 9.17) is 11.6 Å². The summed E-state index contributed by atoms with van der Waals surface area (Å²) in [7, 11) is 0. The molecule has 0 saturated carbocycles. The molecule has 1 aromatic carbocycles. The number of hydrogen-bond donors (Lipinski definition) is 0. The minimum Gasteiger partial charge on any atom is -0.445 e. The minimum atomic E-state index is -4.88. The van der Waals surface area contributed by atoms with Crippen molar-refractivity contribution in [3.63, 3.8) is 0 Å². The van der Waals surface area contributed by atoms with E-state index in [1.807, 2.05) is 0 Å². The normalized spacial score (nSPS) is 11.5. The maximum Gasteiger partial charge on any atom is 1.00 e. The van der Waals surface area contributed by atoms with Crippen molar-refractivity contribution >= 4 is 40.6 Å². The van der Waals surface area contributed by atoms with E-state index in [9.17, 15) is 12.9 Å². The van der Waals surface area contributed by atoms with Gasteiger partial charge in [0, 0.05) is 4.47 Å². The third kappa shape index (κ3) is 6.51. The summed E-state index contributed by atoms with van der Waals surface area (Å²) in [6.45, 7) is -4.88. The van der Waals surface area contributed by atoms with Gasteiger partial charge in [0.05, 0.1) is 5.02 Å². The number of benzene rings is 1. The minimum absolute atomic E-state index is 0. The fourth-order valence-electron chi connectivity index (χ4n) is 0.836. The number of hydrogen-bond acceptors (Lipinski definition) is 0. The largest absolute Gasteiger partial charge is 1.00 e. The van der Waals surface area contributed by atoms with Crippen molar-refractivity contribution in [3.8, 4) is 0 Å². The molecule has 0 heterocycles. The fraction of sp³-hybridized carbons (Fsp3) is 0. The summed E-state index contributed by atoms with van der Waals surface area (Å²) in [5, 5.41) is 0.391. The maximum atomic E-state index is 11.9. The van der Waals surface area contributed by atoms with Crippen molar-refractivity contribution in [2.45, 2.75) is 0 Å². The van der Waals surface area contributed by atoms with E-state index in [2.05, 4.69) is 15.9 Å². The second kappa shape index (κ2) is 6.84. The van der Waals surface area contributed by atoms with Crippen LogP contribution in [-0.2, 0) is 0 Å². The van der Waals surface area contributed by atoms with Crippen LogP contribution in [0, 0.1) is 0 Å². The Morgan fingerprint density at radius 3 is 2.33 bits per heavy atom. The summed E-state index contributed by atoms with van der Waals surface area (Å²) in [6.07, 6.45) is 0.998. The Kier molecular flexibility index (Phi) is 7.39. The first kappa shape index (κ1) is 16.2. The average molecular weight is 323 g/mol. The summed E-state index contributed by atoms with van der Waals surface area (Å²) in [6, 6.07) is 4.61. The zero-order chi connectivity index (χ0) is 10.8. The van der Waals surface area contributed by atoms with Crippen molar-refractivity contribution < 1.29 is 64.3 Å². The predicted molar refractivity (Wildman–Crippen MR) is 57.3 cm³/mol. The van der Waals surface area contributed by atoms with Gasteiger partial charge < -0.3 is 12.9 Å². The van der Waals surface area contributed by atoms with Crippen LogP contribution in [0.25, 0.3) is 6.08 Å².